The van der Waals surface area contributed by atoms with E-state index in [1.807, 2.05) is 18.2 Å². The molecular weight excluding hydrogens is 399 g/mol. The fraction of sp³-hybridized carbons (Fsp3) is 0. The van der Waals surface area contributed by atoms with Crippen molar-refractivity contribution in [2.45, 2.75) is 0 Å². The quantitative estimate of drug-likeness (QED) is 0.512. The second-order valence-electron chi connectivity index (χ2n) is 6.11. The Hall–Kier alpha value is -3.15. The summed E-state index contributed by atoms with van der Waals surface area (Å²) in [7, 11) is 0. The summed E-state index contributed by atoms with van der Waals surface area (Å²) in [6.07, 6.45) is 4.67. The van der Waals surface area contributed by atoms with Crippen molar-refractivity contribution in [2.24, 2.45) is 0 Å². The molecule has 1 N–H and O–H groups in total. The molecule has 5 nitrogen and oxygen atoms in total. The third kappa shape index (κ3) is 3.15. The Morgan fingerprint density at radius 2 is 1.68 bits per heavy atom. The van der Waals surface area contributed by atoms with E-state index in [2.05, 4.69) is 4.98 Å². The van der Waals surface area contributed by atoms with E-state index < -0.39 is 11.4 Å². The van der Waals surface area contributed by atoms with Crippen molar-refractivity contribution < 1.29 is 9.90 Å². The second kappa shape index (κ2) is 7.11. The van der Waals surface area contributed by atoms with E-state index >= 15 is 0 Å². The maximum Gasteiger partial charge on any atom is 0.341 e. The highest BCUT2D eigenvalue weighted by Crippen LogP contribution is 2.28. The van der Waals surface area contributed by atoms with Gasteiger partial charge in [-0.15, -0.1) is 0 Å². The molecule has 0 radical (unpaired) electrons. The van der Waals surface area contributed by atoms with Gasteiger partial charge in [-0.3, -0.25) is 9.78 Å². The average molecular weight is 411 g/mol. The molecule has 138 valence electrons. The molecule has 2 heterocycles. The number of hydrogen-bond acceptors (Lipinski definition) is 3. The number of benzene rings is 2. The number of pyridine rings is 2. The van der Waals surface area contributed by atoms with Gasteiger partial charge < -0.3 is 9.67 Å². The Labute approximate surface area is 169 Å². The highest BCUT2D eigenvalue weighted by atomic mass is 35.5. The lowest BCUT2D eigenvalue weighted by molar-refractivity contribution is 0.0695. The van der Waals surface area contributed by atoms with Crippen LogP contribution in [0.4, 0.5) is 0 Å². The number of carboxylic acid groups (broad SMARTS) is 1. The maximum absolute atomic E-state index is 12.7. The number of rotatable bonds is 3. The summed E-state index contributed by atoms with van der Waals surface area (Å²) in [5.74, 6) is -1.29. The Morgan fingerprint density at radius 1 is 0.929 bits per heavy atom. The van der Waals surface area contributed by atoms with Gasteiger partial charge in [0.05, 0.1) is 15.6 Å². The van der Waals surface area contributed by atoms with Crippen LogP contribution in [-0.4, -0.2) is 20.6 Å². The van der Waals surface area contributed by atoms with Gasteiger partial charge in [-0.05, 0) is 53.6 Å². The first-order chi connectivity index (χ1) is 13.5. The van der Waals surface area contributed by atoms with Crippen molar-refractivity contribution in [1.29, 1.82) is 0 Å². The number of hydrogen-bond donors (Lipinski definition) is 1. The van der Waals surface area contributed by atoms with Crippen molar-refractivity contribution in [3.63, 3.8) is 0 Å². The smallest absolute Gasteiger partial charge is 0.341 e. The van der Waals surface area contributed by atoms with Crippen molar-refractivity contribution in [3.8, 4) is 16.8 Å². The fourth-order valence-electron chi connectivity index (χ4n) is 3.05. The van der Waals surface area contributed by atoms with Gasteiger partial charge in [-0.25, -0.2) is 4.79 Å². The number of carbonyl (C=O) groups is 1. The number of carboxylic acids is 1. The first kappa shape index (κ1) is 18.2. The number of aromatic carboxylic acids is 1. The lowest BCUT2D eigenvalue weighted by atomic mass is 10.0. The summed E-state index contributed by atoms with van der Waals surface area (Å²) >= 11 is 12.2. The first-order valence-corrected chi connectivity index (χ1v) is 9.00. The molecule has 4 rings (SSSR count). The van der Waals surface area contributed by atoms with Gasteiger partial charge in [-0.2, -0.15) is 0 Å². The minimum atomic E-state index is -1.29. The Morgan fingerprint density at radius 3 is 2.36 bits per heavy atom. The van der Waals surface area contributed by atoms with Crippen LogP contribution in [0.5, 0.6) is 0 Å². The molecule has 0 bridgehead atoms. The molecule has 0 saturated carbocycles. The van der Waals surface area contributed by atoms with Gasteiger partial charge in [0.25, 0.3) is 0 Å². The van der Waals surface area contributed by atoms with E-state index in [0.717, 1.165) is 11.1 Å². The molecule has 7 heteroatoms. The summed E-state index contributed by atoms with van der Waals surface area (Å²) in [6.45, 7) is 0. The molecule has 0 aliphatic rings. The molecule has 4 aromatic rings. The van der Waals surface area contributed by atoms with Crippen LogP contribution in [0.25, 0.3) is 27.7 Å². The highest BCUT2D eigenvalue weighted by molar-refractivity contribution is 6.42. The topological polar surface area (TPSA) is 72.2 Å². The summed E-state index contributed by atoms with van der Waals surface area (Å²) in [6, 6.07) is 13.9. The van der Waals surface area contributed by atoms with Crippen LogP contribution in [0.3, 0.4) is 0 Å². The average Bonchev–Trinajstić information content (AvgIpc) is 2.70. The molecule has 0 spiro atoms. The van der Waals surface area contributed by atoms with E-state index in [1.165, 1.54) is 6.20 Å². The summed E-state index contributed by atoms with van der Waals surface area (Å²) in [4.78, 5) is 28.3. The molecule has 28 heavy (non-hydrogen) atoms. The third-order valence-electron chi connectivity index (χ3n) is 4.43. The molecule has 0 aliphatic heterocycles. The Kier molecular flexibility index (Phi) is 4.63. The molecule has 2 aromatic heterocycles. The molecule has 0 atom stereocenters. The molecule has 0 aliphatic carbocycles. The van der Waals surface area contributed by atoms with Crippen LogP contribution < -0.4 is 5.43 Å². The minimum absolute atomic E-state index is 0.295. The molecule has 0 amide bonds. The van der Waals surface area contributed by atoms with Crippen LogP contribution in [-0.2, 0) is 0 Å². The molecule has 0 unspecified atom stereocenters. The second-order valence-corrected chi connectivity index (χ2v) is 6.93. The number of fused-ring (bicyclic) bond motifs is 1. The van der Waals surface area contributed by atoms with Crippen LogP contribution >= 0.6 is 23.2 Å². The Balaban J connectivity index is 2.07. The van der Waals surface area contributed by atoms with E-state index in [0.29, 0.717) is 26.6 Å². The van der Waals surface area contributed by atoms with E-state index in [4.69, 9.17) is 23.2 Å². The Bertz CT molecular complexity index is 1280. The van der Waals surface area contributed by atoms with Crippen LogP contribution in [0.1, 0.15) is 10.4 Å². The zero-order chi connectivity index (χ0) is 19.8. The van der Waals surface area contributed by atoms with Gasteiger partial charge in [0, 0.05) is 29.7 Å². The number of aromatic nitrogens is 2. The maximum atomic E-state index is 12.7. The van der Waals surface area contributed by atoms with E-state index in [1.54, 1.807) is 47.3 Å². The summed E-state index contributed by atoms with van der Waals surface area (Å²) in [5, 5.41) is 10.5. The van der Waals surface area contributed by atoms with E-state index in [-0.39, 0.29) is 5.56 Å². The summed E-state index contributed by atoms with van der Waals surface area (Å²) < 4.78 is 1.63. The van der Waals surface area contributed by atoms with Gasteiger partial charge in [-0.1, -0.05) is 29.3 Å². The minimum Gasteiger partial charge on any atom is -0.477 e. The lowest BCUT2D eigenvalue weighted by Gasteiger charge is -2.14. The predicted molar refractivity (Wildman–Crippen MR) is 110 cm³/mol. The van der Waals surface area contributed by atoms with Crippen LogP contribution in [0, 0.1) is 0 Å². The standard InChI is InChI=1S/C21H12Cl2N2O3/c22-17-4-2-14(10-18(17)23)25-11-16(21(27)28)20(26)15-3-1-13(9-19(15)25)12-5-7-24-8-6-12/h1-11H,(H,27,28). The fourth-order valence-corrected chi connectivity index (χ4v) is 3.34. The zero-order valence-corrected chi connectivity index (χ0v) is 15.8. The number of nitrogens with zero attached hydrogens (tertiary/aromatic N) is 2. The predicted octanol–water partition coefficient (Wildman–Crippen LogP) is 5.06. The zero-order valence-electron chi connectivity index (χ0n) is 14.3. The lowest BCUT2D eigenvalue weighted by Crippen LogP contribution is -2.18. The van der Waals surface area contributed by atoms with Crippen molar-refractivity contribution >= 4 is 40.1 Å². The molecule has 0 saturated heterocycles. The highest BCUT2D eigenvalue weighted by Gasteiger charge is 2.16. The number of halogens is 2. The van der Waals surface area contributed by atoms with Gasteiger partial charge >= 0.3 is 5.97 Å². The molecule has 0 fully saturated rings. The van der Waals surface area contributed by atoms with Crippen molar-refractivity contribution in [1.82, 2.24) is 9.55 Å². The molecule has 2 aromatic carbocycles. The monoisotopic (exact) mass is 410 g/mol. The van der Waals surface area contributed by atoms with Crippen molar-refractivity contribution in [2.75, 3.05) is 0 Å². The first-order valence-electron chi connectivity index (χ1n) is 8.24. The van der Waals surface area contributed by atoms with Gasteiger partial charge in [0.15, 0.2) is 0 Å². The van der Waals surface area contributed by atoms with E-state index in [9.17, 15) is 14.7 Å². The summed E-state index contributed by atoms with van der Waals surface area (Å²) in [5.41, 5.74) is 2.07. The molecular formula is C21H12Cl2N2O3. The van der Waals surface area contributed by atoms with Gasteiger partial charge in [0.2, 0.25) is 5.43 Å². The van der Waals surface area contributed by atoms with Gasteiger partial charge in [0.1, 0.15) is 5.56 Å². The van der Waals surface area contributed by atoms with Crippen molar-refractivity contribution in [3.05, 3.63) is 93.0 Å². The largest absolute Gasteiger partial charge is 0.477 e. The third-order valence-corrected chi connectivity index (χ3v) is 5.17. The normalized spacial score (nSPS) is 10.9. The SMILES string of the molecule is O=C(O)c1cn(-c2ccc(Cl)c(Cl)c2)c2cc(-c3ccncc3)ccc2c1=O. The van der Waals surface area contributed by atoms with Crippen LogP contribution in [0.15, 0.2) is 71.9 Å². The van der Waals surface area contributed by atoms with Crippen LogP contribution in [0.2, 0.25) is 10.0 Å².